The molecule has 0 saturated carbocycles. The van der Waals surface area contributed by atoms with Crippen molar-refractivity contribution < 1.29 is 0 Å². The maximum atomic E-state index is 6.24. The molecule has 134 valence electrons. The van der Waals surface area contributed by atoms with Gasteiger partial charge >= 0.3 is 0 Å². The van der Waals surface area contributed by atoms with Crippen LogP contribution in [0.4, 0.5) is 5.69 Å². The largest absolute Gasteiger partial charge is 0.244 e. The second kappa shape index (κ2) is 8.33. The lowest BCUT2D eigenvalue weighted by molar-refractivity contribution is 0.321. The molecule has 0 N–H and O–H groups in total. The molecular weight excluding hydrogens is 342 g/mol. The van der Waals surface area contributed by atoms with E-state index in [-0.39, 0.29) is 6.04 Å². The Morgan fingerprint density at radius 3 is 2.73 bits per heavy atom. The average molecular weight is 366 g/mol. The van der Waals surface area contributed by atoms with Crippen LogP contribution in [0.5, 0.6) is 0 Å². The van der Waals surface area contributed by atoms with Gasteiger partial charge in [-0.1, -0.05) is 54.9 Å². The molecule has 26 heavy (non-hydrogen) atoms. The van der Waals surface area contributed by atoms with E-state index in [1.54, 1.807) is 0 Å². The van der Waals surface area contributed by atoms with Crippen molar-refractivity contribution in [3.05, 3.63) is 77.3 Å². The number of hydrogen-bond acceptors (Lipinski definition) is 3. The van der Waals surface area contributed by atoms with E-state index < -0.39 is 0 Å². The third-order valence-corrected chi connectivity index (χ3v) is 4.68. The van der Waals surface area contributed by atoms with Crippen molar-refractivity contribution in [3.8, 4) is 0 Å². The fourth-order valence-electron chi connectivity index (χ4n) is 3.26. The number of aliphatic imine (C=N–C) groups is 1. The third kappa shape index (κ3) is 4.05. The van der Waals surface area contributed by atoms with Crippen molar-refractivity contribution >= 4 is 28.8 Å². The summed E-state index contributed by atoms with van der Waals surface area (Å²) in [4.78, 5) is 4.82. The summed E-state index contributed by atoms with van der Waals surface area (Å²) in [7, 11) is 0. The van der Waals surface area contributed by atoms with E-state index in [9.17, 15) is 0 Å². The Balaban J connectivity index is 1.97. The van der Waals surface area contributed by atoms with E-state index in [0.29, 0.717) is 0 Å². The molecule has 1 unspecified atom stereocenters. The molecule has 0 amide bonds. The standard InChI is InChI=1S/C22H24ClN3/c1-4-9-21-19-15-18(23)12-13-20(19)24-22(5-2)26(21)25-16(3)14-17-10-7-6-8-11-17/h4,6-8,10-13,15,21H,1,5,9,14H2,2-3H3/b25-16+. The smallest absolute Gasteiger partial charge is 0.126 e. The first-order chi connectivity index (χ1) is 12.6. The molecule has 1 aliphatic rings. The number of halogens is 1. The maximum absolute atomic E-state index is 6.24. The Hall–Kier alpha value is -2.39. The van der Waals surface area contributed by atoms with E-state index in [0.717, 1.165) is 47.1 Å². The van der Waals surface area contributed by atoms with Crippen molar-refractivity contribution in [1.29, 1.82) is 0 Å². The molecule has 0 radical (unpaired) electrons. The van der Waals surface area contributed by atoms with Crippen LogP contribution >= 0.6 is 11.6 Å². The Bertz CT molecular complexity index is 840. The molecule has 4 heteroatoms. The fraction of sp³-hybridized carbons (Fsp3) is 0.273. The van der Waals surface area contributed by atoms with Gasteiger partial charge in [-0.2, -0.15) is 5.10 Å². The summed E-state index contributed by atoms with van der Waals surface area (Å²) in [6.07, 6.45) is 4.35. The summed E-state index contributed by atoms with van der Waals surface area (Å²) in [5, 5.41) is 7.71. The highest BCUT2D eigenvalue weighted by molar-refractivity contribution is 6.30. The van der Waals surface area contributed by atoms with Crippen molar-refractivity contribution in [1.82, 2.24) is 5.01 Å². The van der Waals surface area contributed by atoms with Crippen LogP contribution in [-0.4, -0.2) is 16.6 Å². The summed E-state index contributed by atoms with van der Waals surface area (Å²) < 4.78 is 0. The highest BCUT2D eigenvalue weighted by Crippen LogP contribution is 2.39. The summed E-state index contributed by atoms with van der Waals surface area (Å²) in [5.41, 5.74) is 4.39. The molecule has 0 bridgehead atoms. The highest BCUT2D eigenvalue weighted by atomic mass is 35.5. The first-order valence-electron chi connectivity index (χ1n) is 8.97. The van der Waals surface area contributed by atoms with E-state index in [2.05, 4.69) is 49.7 Å². The molecule has 2 aromatic carbocycles. The van der Waals surface area contributed by atoms with Gasteiger partial charge in [-0.15, -0.1) is 6.58 Å². The quantitative estimate of drug-likeness (QED) is 0.434. The van der Waals surface area contributed by atoms with Crippen LogP contribution < -0.4 is 0 Å². The lowest BCUT2D eigenvalue weighted by Gasteiger charge is -2.34. The van der Waals surface area contributed by atoms with Gasteiger partial charge < -0.3 is 0 Å². The van der Waals surface area contributed by atoms with Gasteiger partial charge in [0.05, 0.1) is 11.7 Å². The molecule has 0 saturated heterocycles. The Kier molecular flexibility index (Phi) is 5.89. The summed E-state index contributed by atoms with van der Waals surface area (Å²) in [5.74, 6) is 0.971. The van der Waals surface area contributed by atoms with E-state index in [1.807, 2.05) is 30.3 Å². The second-order valence-corrected chi connectivity index (χ2v) is 6.90. The van der Waals surface area contributed by atoms with Gasteiger partial charge in [0.25, 0.3) is 0 Å². The Morgan fingerprint density at radius 2 is 2.04 bits per heavy atom. The SMILES string of the molecule is C=CCC1c2cc(Cl)ccc2N=C(CC)N1/N=C(\C)Cc1ccccc1. The predicted octanol–water partition coefficient (Wildman–Crippen LogP) is 6.33. The minimum Gasteiger partial charge on any atom is -0.244 e. The van der Waals surface area contributed by atoms with Gasteiger partial charge in [0.1, 0.15) is 5.84 Å². The molecule has 0 aliphatic carbocycles. The molecule has 1 heterocycles. The molecule has 3 rings (SSSR count). The van der Waals surface area contributed by atoms with E-state index >= 15 is 0 Å². The predicted molar refractivity (Wildman–Crippen MR) is 111 cm³/mol. The maximum Gasteiger partial charge on any atom is 0.126 e. The van der Waals surface area contributed by atoms with Crippen LogP contribution in [0.1, 0.15) is 43.9 Å². The molecular formula is C22H24ClN3. The van der Waals surface area contributed by atoms with Gasteiger partial charge in [-0.25, -0.2) is 10.0 Å². The first kappa shape index (κ1) is 18.4. The molecule has 0 aromatic heterocycles. The third-order valence-electron chi connectivity index (χ3n) is 4.45. The second-order valence-electron chi connectivity index (χ2n) is 6.47. The van der Waals surface area contributed by atoms with Crippen molar-refractivity contribution in [2.24, 2.45) is 10.1 Å². The monoisotopic (exact) mass is 365 g/mol. The van der Waals surface area contributed by atoms with Gasteiger partial charge in [0, 0.05) is 29.1 Å². The lowest BCUT2D eigenvalue weighted by Crippen LogP contribution is -2.33. The molecule has 1 atom stereocenters. The van der Waals surface area contributed by atoms with Crippen molar-refractivity contribution in [2.45, 2.75) is 39.2 Å². The molecule has 2 aromatic rings. The topological polar surface area (TPSA) is 28.0 Å². The molecule has 1 aliphatic heterocycles. The number of nitrogens with zero attached hydrogens (tertiary/aromatic N) is 3. The number of benzene rings is 2. The van der Waals surface area contributed by atoms with Gasteiger partial charge in [0.2, 0.25) is 0 Å². The van der Waals surface area contributed by atoms with Crippen LogP contribution in [0, 0.1) is 0 Å². The molecule has 0 fully saturated rings. The Labute approximate surface area is 160 Å². The number of hydrazone groups is 1. The number of fused-ring (bicyclic) bond motifs is 1. The minimum atomic E-state index is 0.0689. The first-order valence-corrected chi connectivity index (χ1v) is 9.35. The van der Waals surface area contributed by atoms with E-state index in [1.165, 1.54) is 5.56 Å². The van der Waals surface area contributed by atoms with Crippen LogP contribution in [0.25, 0.3) is 0 Å². The van der Waals surface area contributed by atoms with Crippen LogP contribution in [-0.2, 0) is 6.42 Å². The van der Waals surface area contributed by atoms with Crippen molar-refractivity contribution in [2.75, 3.05) is 0 Å². The fourth-order valence-corrected chi connectivity index (χ4v) is 3.44. The molecule has 0 spiro atoms. The van der Waals surface area contributed by atoms with Gasteiger partial charge in [-0.05, 0) is 37.1 Å². The minimum absolute atomic E-state index is 0.0689. The van der Waals surface area contributed by atoms with E-state index in [4.69, 9.17) is 21.7 Å². The number of hydrogen-bond donors (Lipinski definition) is 0. The summed E-state index contributed by atoms with van der Waals surface area (Å²) in [6.45, 7) is 8.11. The van der Waals surface area contributed by atoms with Gasteiger partial charge in [0.15, 0.2) is 0 Å². The zero-order chi connectivity index (χ0) is 18.5. The van der Waals surface area contributed by atoms with Crippen molar-refractivity contribution in [3.63, 3.8) is 0 Å². The average Bonchev–Trinajstić information content (AvgIpc) is 2.64. The van der Waals surface area contributed by atoms with Crippen LogP contribution in [0.2, 0.25) is 5.02 Å². The van der Waals surface area contributed by atoms with Gasteiger partial charge in [-0.3, -0.25) is 0 Å². The number of amidine groups is 1. The van der Waals surface area contributed by atoms with Crippen LogP contribution in [0.15, 0.2) is 71.3 Å². The zero-order valence-electron chi connectivity index (χ0n) is 15.3. The lowest BCUT2D eigenvalue weighted by atomic mass is 9.99. The summed E-state index contributed by atoms with van der Waals surface area (Å²) >= 11 is 6.24. The summed E-state index contributed by atoms with van der Waals surface area (Å²) in [6, 6.07) is 16.3. The highest BCUT2D eigenvalue weighted by Gasteiger charge is 2.28. The van der Waals surface area contributed by atoms with Crippen LogP contribution in [0.3, 0.4) is 0 Å². The number of rotatable bonds is 6. The normalized spacial score (nSPS) is 16.9. The molecule has 3 nitrogen and oxygen atoms in total. The Morgan fingerprint density at radius 1 is 1.27 bits per heavy atom. The zero-order valence-corrected chi connectivity index (χ0v) is 16.1.